The second-order valence-corrected chi connectivity index (χ2v) is 7.49. The molecule has 0 N–H and O–H groups in total. The maximum absolute atomic E-state index is 13.1. The molecule has 0 spiro atoms. The van der Waals surface area contributed by atoms with Crippen LogP contribution in [0.4, 0.5) is 5.69 Å². The molecule has 0 saturated carbocycles. The zero-order chi connectivity index (χ0) is 20.6. The van der Waals surface area contributed by atoms with Crippen LogP contribution in [0.3, 0.4) is 0 Å². The summed E-state index contributed by atoms with van der Waals surface area (Å²) in [6.07, 6.45) is 4.03. The summed E-state index contributed by atoms with van der Waals surface area (Å²) in [4.78, 5) is 22.9. The van der Waals surface area contributed by atoms with Crippen LogP contribution in [0.25, 0.3) is 20.9 Å². The van der Waals surface area contributed by atoms with Crippen molar-refractivity contribution in [2.24, 2.45) is 10.2 Å². The maximum atomic E-state index is 13.1. The van der Waals surface area contributed by atoms with Crippen LogP contribution in [0, 0.1) is 0 Å². The van der Waals surface area contributed by atoms with Crippen molar-refractivity contribution in [3.8, 4) is 0 Å². The van der Waals surface area contributed by atoms with E-state index in [2.05, 4.69) is 25.0 Å². The molecule has 0 unspecified atom stereocenters. The highest BCUT2D eigenvalue weighted by Gasteiger charge is 2.30. The lowest BCUT2D eigenvalue weighted by atomic mass is 9.98. The molecule has 2 saturated heterocycles. The van der Waals surface area contributed by atoms with Crippen LogP contribution in [0.2, 0.25) is 0 Å². The number of carbonyl (C=O) groups excluding carboxylic acids is 1. The number of azide groups is 2. The molecule has 0 aliphatic carbocycles. The molecule has 10 heteroatoms. The molecule has 3 rings (SSSR count). The minimum Gasteiger partial charge on any atom is -0.381 e. The monoisotopic (exact) mass is 398 g/mol. The second-order valence-electron chi connectivity index (χ2n) is 7.49. The van der Waals surface area contributed by atoms with Crippen molar-refractivity contribution in [1.82, 2.24) is 9.80 Å². The van der Waals surface area contributed by atoms with Gasteiger partial charge in [0.15, 0.2) is 0 Å². The Morgan fingerprint density at radius 3 is 2.55 bits per heavy atom. The van der Waals surface area contributed by atoms with E-state index in [1.165, 1.54) is 0 Å². The predicted octanol–water partition coefficient (Wildman–Crippen LogP) is 4.15. The van der Waals surface area contributed by atoms with Crippen molar-refractivity contribution in [2.45, 2.75) is 44.3 Å². The van der Waals surface area contributed by atoms with Crippen LogP contribution < -0.4 is 0 Å². The molecule has 29 heavy (non-hydrogen) atoms. The molecule has 2 aliphatic rings. The third-order valence-electron chi connectivity index (χ3n) is 5.78. The normalized spacial score (nSPS) is 18.5. The highest BCUT2D eigenvalue weighted by molar-refractivity contribution is 5.95. The molecule has 0 aromatic heterocycles. The van der Waals surface area contributed by atoms with Crippen LogP contribution in [-0.4, -0.2) is 61.1 Å². The fourth-order valence-corrected chi connectivity index (χ4v) is 4.17. The standard InChI is InChI=1S/C19H26N8O2/c1-26(17-2-6-27(7-3-17)18-4-8-29-9-5-18)19(28)15-10-14(13-22-24-20)11-16(12-15)23-25-21/h10-12,17-18H,2-9,13H2,1H3. The number of benzene rings is 1. The van der Waals surface area contributed by atoms with Gasteiger partial charge in [-0.1, -0.05) is 10.2 Å². The number of piperidine rings is 1. The summed E-state index contributed by atoms with van der Waals surface area (Å²) in [6, 6.07) is 5.66. The lowest BCUT2D eigenvalue weighted by Crippen LogP contribution is -2.49. The minimum atomic E-state index is -0.119. The molecular weight excluding hydrogens is 372 g/mol. The summed E-state index contributed by atoms with van der Waals surface area (Å²) in [5.41, 5.74) is 18.7. The van der Waals surface area contributed by atoms with E-state index in [1.54, 1.807) is 23.1 Å². The number of likely N-dealkylation sites (tertiary alicyclic amines) is 1. The van der Waals surface area contributed by atoms with Gasteiger partial charge >= 0.3 is 0 Å². The third kappa shape index (κ3) is 5.40. The first-order chi connectivity index (χ1) is 14.1. The summed E-state index contributed by atoms with van der Waals surface area (Å²) >= 11 is 0. The van der Waals surface area contributed by atoms with E-state index in [4.69, 9.17) is 15.8 Å². The smallest absolute Gasteiger partial charge is 0.253 e. The first-order valence-electron chi connectivity index (χ1n) is 9.91. The van der Waals surface area contributed by atoms with Crippen LogP contribution in [0.5, 0.6) is 0 Å². The van der Waals surface area contributed by atoms with E-state index in [9.17, 15) is 4.79 Å². The molecule has 0 radical (unpaired) electrons. The Morgan fingerprint density at radius 2 is 1.90 bits per heavy atom. The Balaban J connectivity index is 1.67. The van der Waals surface area contributed by atoms with Gasteiger partial charge < -0.3 is 14.5 Å². The number of nitrogens with zero attached hydrogens (tertiary/aromatic N) is 8. The zero-order valence-corrected chi connectivity index (χ0v) is 16.6. The Morgan fingerprint density at radius 1 is 1.17 bits per heavy atom. The van der Waals surface area contributed by atoms with Gasteiger partial charge in [0.2, 0.25) is 0 Å². The van der Waals surface area contributed by atoms with Gasteiger partial charge in [0.25, 0.3) is 5.91 Å². The number of hydrogen-bond donors (Lipinski definition) is 0. The van der Waals surface area contributed by atoms with Crippen molar-refractivity contribution in [3.05, 3.63) is 50.2 Å². The van der Waals surface area contributed by atoms with Gasteiger partial charge in [-0.2, -0.15) is 0 Å². The molecule has 2 fully saturated rings. The van der Waals surface area contributed by atoms with E-state index in [-0.39, 0.29) is 18.5 Å². The molecule has 1 amide bonds. The maximum Gasteiger partial charge on any atom is 0.253 e. The first kappa shape index (κ1) is 21.0. The number of ether oxygens (including phenoxy) is 1. The van der Waals surface area contributed by atoms with Crippen molar-refractivity contribution in [1.29, 1.82) is 0 Å². The quantitative estimate of drug-likeness (QED) is 0.405. The zero-order valence-electron chi connectivity index (χ0n) is 16.6. The average Bonchev–Trinajstić information content (AvgIpc) is 2.77. The van der Waals surface area contributed by atoms with Gasteiger partial charge in [0, 0.05) is 66.5 Å². The molecule has 2 aliphatic heterocycles. The van der Waals surface area contributed by atoms with Crippen molar-refractivity contribution in [3.63, 3.8) is 0 Å². The highest BCUT2D eigenvalue weighted by atomic mass is 16.5. The highest BCUT2D eigenvalue weighted by Crippen LogP contribution is 2.25. The molecule has 2 heterocycles. The summed E-state index contributed by atoms with van der Waals surface area (Å²) in [5.74, 6) is -0.119. The van der Waals surface area contributed by atoms with Gasteiger partial charge in [-0.25, -0.2) is 0 Å². The number of hydrogen-bond acceptors (Lipinski definition) is 5. The number of amides is 1. The predicted molar refractivity (Wildman–Crippen MR) is 109 cm³/mol. The molecule has 1 aromatic rings. The van der Waals surface area contributed by atoms with Gasteiger partial charge in [-0.05, 0) is 60.5 Å². The van der Waals surface area contributed by atoms with Gasteiger partial charge in [0.1, 0.15) is 0 Å². The largest absolute Gasteiger partial charge is 0.381 e. The summed E-state index contributed by atoms with van der Waals surface area (Å²) in [7, 11) is 1.82. The van der Waals surface area contributed by atoms with Gasteiger partial charge in [0.05, 0.1) is 6.54 Å². The topological polar surface area (TPSA) is 130 Å². The minimum absolute atomic E-state index is 0.0960. The fourth-order valence-electron chi connectivity index (χ4n) is 4.17. The van der Waals surface area contributed by atoms with E-state index in [0.717, 1.165) is 52.0 Å². The summed E-state index contributed by atoms with van der Waals surface area (Å²) in [6.45, 7) is 3.73. The van der Waals surface area contributed by atoms with E-state index in [0.29, 0.717) is 22.9 Å². The Labute approximate surface area is 169 Å². The molecule has 154 valence electrons. The van der Waals surface area contributed by atoms with Crippen molar-refractivity contribution < 1.29 is 9.53 Å². The molecule has 0 bridgehead atoms. The van der Waals surface area contributed by atoms with Crippen LogP contribution >= 0.6 is 0 Å². The third-order valence-corrected chi connectivity index (χ3v) is 5.78. The lowest BCUT2D eigenvalue weighted by Gasteiger charge is -2.41. The first-order valence-corrected chi connectivity index (χ1v) is 9.91. The second kappa shape index (κ2) is 10.1. The molecule has 10 nitrogen and oxygen atoms in total. The van der Waals surface area contributed by atoms with Gasteiger partial charge in [-0.15, -0.1) is 0 Å². The van der Waals surface area contributed by atoms with E-state index in [1.807, 2.05) is 7.05 Å². The fraction of sp³-hybridized carbons (Fsp3) is 0.632. The summed E-state index contributed by atoms with van der Waals surface area (Å²) < 4.78 is 5.46. The Hall–Kier alpha value is -2.77. The number of rotatable bonds is 6. The van der Waals surface area contributed by atoms with E-state index >= 15 is 0 Å². The summed E-state index contributed by atoms with van der Waals surface area (Å²) in [5, 5.41) is 7.15. The SMILES string of the molecule is CN(C(=O)c1cc(CN=[N+]=[N-])cc(N=[N+]=[N-])c1)C1CCN(C2CCOCC2)CC1. The Kier molecular flexibility index (Phi) is 7.32. The number of carbonyl (C=O) groups is 1. The van der Waals surface area contributed by atoms with Crippen molar-refractivity contribution in [2.75, 3.05) is 33.4 Å². The average molecular weight is 398 g/mol. The van der Waals surface area contributed by atoms with Crippen LogP contribution in [-0.2, 0) is 11.3 Å². The molecule has 1 aromatic carbocycles. The van der Waals surface area contributed by atoms with E-state index < -0.39 is 0 Å². The van der Waals surface area contributed by atoms with Crippen LogP contribution in [0.15, 0.2) is 28.4 Å². The lowest BCUT2D eigenvalue weighted by molar-refractivity contribution is 0.0159. The van der Waals surface area contributed by atoms with Crippen LogP contribution in [0.1, 0.15) is 41.6 Å². The Bertz CT molecular complexity index is 817. The molecular formula is C19H26N8O2. The van der Waals surface area contributed by atoms with Gasteiger partial charge in [-0.3, -0.25) is 4.79 Å². The van der Waals surface area contributed by atoms with Crippen molar-refractivity contribution >= 4 is 11.6 Å². The molecule has 0 atom stereocenters.